The molecule has 2 atom stereocenters. The minimum Gasteiger partial charge on any atom is -0.491 e. The van der Waals surface area contributed by atoms with Gasteiger partial charge in [-0.05, 0) is 37.6 Å². The lowest BCUT2D eigenvalue weighted by Gasteiger charge is -2.30. The van der Waals surface area contributed by atoms with Crippen LogP contribution in [0.1, 0.15) is 43.6 Å². The molecule has 3 rings (SSSR count). The van der Waals surface area contributed by atoms with E-state index in [1.807, 2.05) is 62.4 Å². The van der Waals surface area contributed by atoms with Gasteiger partial charge in [-0.2, -0.15) is 0 Å². The number of rotatable bonds is 3. The van der Waals surface area contributed by atoms with Gasteiger partial charge in [-0.15, -0.1) is 0 Å². The van der Waals surface area contributed by atoms with Gasteiger partial charge in [-0.1, -0.05) is 30.3 Å². The molecule has 1 aliphatic rings. The summed E-state index contributed by atoms with van der Waals surface area (Å²) in [5, 5.41) is 10.3. The van der Waals surface area contributed by atoms with Crippen LogP contribution in [-0.2, 0) is 0 Å². The molecule has 2 aromatic rings. The van der Waals surface area contributed by atoms with Crippen molar-refractivity contribution in [2.75, 3.05) is 0 Å². The second-order valence-electron chi connectivity index (χ2n) is 5.63. The first-order valence-electron chi connectivity index (χ1n) is 7.34. The van der Waals surface area contributed by atoms with E-state index >= 15 is 0 Å². The van der Waals surface area contributed by atoms with Crippen molar-refractivity contribution in [1.82, 2.24) is 0 Å². The monoisotopic (exact) mass is 284 g/mol. The lowest BCUT2D eigenvalue weighted by Crippen LogP contribution is -2.19. The second-order valence-corrected chi connectivity index (χ2v) is 5.63. The normalized spacial score (nSPS) is 20.8. The summed E-state index contributed by atoms with van der Waals surface area (Å²) in [4.78, 5) is 0. The van der Waals surface area contributed by atoms with Gasteiger partial charge < -0.3 is 14.6 Å². The quantitative estimate of drug-likeness (QED) is 0.924. The first-order chi connectivity index (χ1) is 10.1. The van der Waals surface area contributed by atoms with E-state index in [1.165, 1.54) is 0 Å². The van der Waals surface area contributed by atoms with Crippen LogP contribution in [-0.4, -0.2) is 11.2 Å². The van der Waals surface area contributed by atoms with E-state index in [-0.39, 0.29) is 12.2 Å². The topological polar surface area (TPSA) is 38.7 Å². The number of hydrogen-bond acceptors (Lipinski definition) is 3. The van der Waals surface area contributed by atoms with Crippen LogP contribution in [0.5, 0.6) is 11.5 Å². The number of aliphatic hydroxyl groups is 1. The summed E-state index contributed by atoms with van der Waals surface area (Å²) < 4.78 is 11.8. The van der Waals surface area contributed by atoms with Gasteiger partial charge >= 0.3 is 0 Å². The van der Waals surface area contributed by atoms with Gasteiger partial charge in [0, 0.05) is 12.0 Å². The Bertz CT molecular complexity index is 621. The van der Waals surface area contributed by atoms with Crippen molar-refractivity contribution >= 4 is 0 Å². The van der Waals surface area contributed by atoms with Crippen LogP contribution >= 0.6 is 0 Å². The van der Waals surface area contributed by atoms with Gasteiger partial charge in [-0.25, -0.2) is 0 Å². The third-order valence-corrected chi connectivity index (χ3v) is 3.59. The molecule has 2 aromatic carbocycles. The first-order valence-corrected chi connectivity index (χ1v) is 7.34. The Morgan fingerprint density at radius 1 is 1.14 bits per heavy atom. The fourth-order valence-corrected chi connectivity index (χ4v) is 2.66. The maximum absolute atomic E-state index is 10.3. The Labute approximate surface area is 125 Å². The molecule has 0 aromatic heterocycles. The number of aliphatic hydroxyl groups excluding tert-OH is 1. The maximum atomic E-state index is 10.3. The molecule has 0 saturated heterocycles. The molecule has 0 radical (unpaired) electrons. The smallest absolute Gasteiger partial charge is 0.127 e. The minimum atomic E-state index is -0.491. The van der Waals surface area contributed by atoms with Crippen LogP contribution in [0.15, 0.2) is 48.5 Å². The van der Waals surface area contributed by atoms with E-state index in [2.05, 4.69) is 0 Å². The number of ether oxygens (including phenoxy) is 2. The fourth-order valence-electron chi connectivity index (χ4n) is 2.66. The van der Waals surface area contributed by atoms with Gasteiger partial charge in [-0.3, -0.25) is 0 Å². The summed E-state index contributed by atoms with van der Waals surface area (Å²) in [5.74, 6) is 1.59. The SMILES string of the molecule is CC(C)Oc1cccc(C2C[C@H](O)c3ccccc3O2)c1. The van der Waals surface area contributed by atoms with Crippen molar-refractivity contribution < 1.29 is 14.6 Å². The van der Waals surface area contributed by atoms with Crippen LogP contribution in [0, 0.1) is 0 Å². The maximum Gasteiger partial charge on any atom is 0.127 e. The van der Waals surface area contributed by atoms with Gasteiger partial charge in [0.1, 0.15) is 17.6 Å². The van der Waals surface area contributed by atoms with Crippen molar-refractivity contribution in [2.45, 2.75) is 38.6 Å². The highest BCUT2D eigenvalue weighted by Gasteiger charge is 2.27. The van der Waals surface area contributed by atoms with Gasteiger partial charge in [0.05, 0.1) is 12.2 Å². The molecule has 3 nitrogen and oxygen atoms in total. The molecular weight excluding hydrogens is 264 g/mol. The fraction of sp³-hybridized carbons (Fsp3) is 0.333. The Hall–Kier alpha value is -2.00. The van der Waals surface area contributed by atoms with Crippen LogP contribution in [0.4, 0.5) is 0 Å². The third kappa shape index (κ3) is 3.03. The molecule has 1 aliphatic heterocycles. The summed E-state index contributed by atoms with van der Waals surface area (Å²) in [6.07, 6.45) is 0.0568. The lowest BCUT2D eigenvalue weighted by molar-refractivity contribution is 0.0655. The molecule has 0 saturated carbocycles. The Balaban J connectivity index is 1.85. The molecule has 3 heteroatoms. The highest BCUT2D eigenvalue weighted by molar-refractivity contribution is 5.39. The molecule has 0 spiro atoms. The van der Waals surface area contributed by atoms with E-state index in [0.29, 0.717) is 6.42 Å². The molecule has 110 valence electrons. The lowest BCUT2D eigenvalue weighted by atomic mass is 9.95. The predicted molar refractivity (Wildman–Crippen MR) is 81.6 cm³/mol. The molecule has 0 aliphatic carbocycles. The van der Waals surface area contributed by atoms with E-state index in [0.717, 1.165) is 22.6 Å². The van der Waals surface area contributed by atoms with Crippen molar-refractivity contribution in [3.05, 3.63) is 59.7 Å². The third-order valence-electron chi connectivity index (χ3n) is 3.59. The van der Waals surface area contributed by atoms with Crippen molar-refractivity contribution in [3.8, 4) is 11.5 Å². The average molecular weight is 284 g/mol. The molecule has 1 heterocycles. The van der Waals surface area contributed by atoms with E-state index in [1.54, 1.807) is 0 Å². The summed E-state index contributed by atoms with van der Waals surface area (Å²) >= 11 is 0. The van der Waals surface area contributed by atoms with E-state index in [9.17, 15) is 5.11 Å². The van der Waals surface area contributed by atoms with E-state index < -0.39 is 6.10 Å². The van der Waals surface area contributed by atoms with Crippen molar-refractivity contribution in [1.29, 1.82) is 0 Å². The molecule has 0 bridgehead atoms. The predicted octanol–water partition coefficient (Wildman–Crippen LogP) is 4.03. The average Bonchev–Trinajstić information content (AvgIpc) is 2.47. The Kier molecular flexibility index (Phi) is 3.84. The zero-order valence-corrected chi connectivity index (χ0v) is 12.3. The van der Waals surface area contributed by atoms with Crippen molar-refractivity contribution in [3.63, 3.8) is 0 Å². The number of hydrogen-bond donors (Lipinski definition) is 1. The van der Waals surface area contributed by atoms with E-state index in [4.69, 9.17) is 9.47 Å². The molecule has 21 heavy (non-hydrogen) atoms. The standard InChI is InChI=1S/C18H20O3/c1-12(2)20-14-7-5-6-13(10-14)18-11-16(19)15-8-3-4-9-17(15)21-18/h3-10,12,16,18-19H,11H2,1-2H3/t16-,18?/m0/s1. The highest BCUT2D eigenvalue weighted by Crippen LogP contribution is 2.40. The van der Waals surface area contributed by atoms with Gasteiger partial charge in [0.25, 0.3) is 0 Å². The molecule has 0 fully saturated rings. The molecule has 0 amide bonds. The van der Waals surface area contributed by atoms with Gasteiger partial charge in [0.15, 0.2) is 0 Å². The molecule has 1 N–H and O–H groups in total. The Morgan fingerprint density at radius 3 is 2.76 bits per heavy atom. The van der Waals surface area contributed by atoms with Crippen LogP contribution in [0.25, 0.3) is 0 Å². The van der Waals surface area contributed by atoms with Crippen molar-refractivity contribution in [2.24, 2.45) is 0 Å². The minimum absolute atomic E-state index is 0.138. The van der Waals surface area contributed by atoms with Gasteiger partial charge in [0.2, 0.25) is 0 Å². The molecule has 1 unspecified atom stereocenters. The zero-order chi connectivity index (χ0) is 14.8. The summed E-state index contributed by atoms with van der Waals surface area (Å²) in [7, 11) is 0. The number of benzene rings is 2. The van der Waals surface area contributed by atoms with Crippen LogP contribution in [0.3, 0.4) is 0 Å². The van der Waals surface area contributed by atoms with Crippen LogP contribution < -0.4 is 9.47 Å². The highest BCUT2D eigenvalue weighted by atomic mass is 16.5. The zero-order valence-electron chi connectivity index (χ0n) is 12.3. The molecular formula is C18H20O3. The first kappa shape index (κ1) is 14.0. The van der Waals surface area contributed by atoms with Crippen LogP contribution in [0.2, 0.25) is 0 Å². The second kappa shape index (κ2) is 5.78. The summed E-state index contributed by atoms with van der Waals surface area (Å²) in [5.41, 5.74) is 1.89. The summed E-state index contributed by atoms with van der Waals surface area (Å²) in [6, 6.07) is 15.6. The summed E-state index contributed by atoms with van der Waals surface area (Å²) in [6.45, 7) is 4.01. The number of fused-ring (bicyclic) bond motifs is 1. The Morgan fingerprint density at radius 2 is 1.95 bits per heavy atom. The number of para-hydroxylation sites is 1. The largest absolute Gasteiger partial charge is 0.491 e.